The lowest BCUT2D eigenvalue weighted by Crippen LogP contribution is -2.19. The van der Waals surface area contributed by atoms with E-state index in [1.165, 1.54) is 0 Å². The van der Waals surface area contributed by atoms with Crippen LogP contribution in [0.25, 0.3) is 0 Å². The highest BCUT2D eigenvalue weighted by Gasteiger charge is 2.19. The maximum absolute atomic E-state index is 6.25. The Morgan fingerprint density at radius 2 is 2.11 bits per heavy atom. The minimum atomic E-state index is -0.318. The summed E-state index contributed by atoms with van der Waals surface area (Å²) < 4.78 is 2.82. The summed E-state index contributed by atoms with van der Waals surface area (Å²) in [7, 11) is 0. The Bertz CT molecular complexity index is 520. The van der Waals surface area contributed by atoms with Crippen molar-refractivity contribution >= 4 is 15.9 Å². The number of rotatable bonds is 4. The van der Waals surface area contributed by atoms with Crippen LogP contribution in [0.2, 0.25) is 0 Å². The van der Waals surface area contributed by atoms with Gasteiger partial charge in [0.1, 0.15) is 0 Å². The lowest BCUT2D eigenvalue weighted by Gasteiger charge is -2.14. The van der Waals surface area contributed by atoms with Crippen molar-refractivity contribution in [1.29, 1.82) is 0 Å². The van der Waals surface area contributed by atoms with Gasteiger partial charge in [0, 0.05) is 12.7 Å². The molecule has 0 spiro atoms. The highest BCUT2D eigenvalue weighted by Crippen LogP contribution is 2.25. The van der Waals surface area contributed by atoms with Crippen LogP contribution in [0.1, 0.15) is 36.5 Å². The fourth-order valence-electron chi connectivity index (χ4n) is 1.77. The first-order chi connectivity index (χ1) is 8.63. The van der Waals surface area contributed by atoms with Crippen LogP contribution in [-0.2, 0) is 6.54 Å². The van der Waals surface area contributed by atoms with Gasteiger partial charge >= 0.3 is 0 Å². The predicted molar refractivity (Wildman–Crippen MR) is 73.0 cm³/mol. The topological polar surface area (TPSA) is 69.6 Å². The fraction of sp³-hybridized carbons (Fsp3) is 0.417. The summed E-state index contributed by atoms with van der Waals surface area (Å²) in [5, 5.41) is 4.31. The molecule has 2 aromatic rings. The molecule has 2 N–H and O–H groups in total. The maximum Gasteiger partial charge on any atom is 0.0924 e. The van der Waals surface area contributed by atoms with E-state index >= 15 is 0 Å². The Hall–Kier alpha value is -1.27. The van der Waals surface area contributed by atoms with E-state index in [2.05, 4.69) is 37.9 Å². The van der Waals surface area contributed by atoms with Crippen LogP contribution in [0.5, 0.6) is 0 Å². The second-order valence-corrected chi connectivity index (χ2v) is 5.02. The number of hydrogen-bond acceptors (Lipinski definition) is 4. The highest BCUT2D eigenvalue weighted by atomic mass is 79.9. The third-order valence-corrected chi connectivity index (χ3v) is 3.29. The highest BCUT2D eigenvalue weighted by molar-refractivity contribution is 9.10. The summed E-state index contributed by atoms with van der Waals surface area (Å²) in [6.45, 7) is 4.85. The van der Waals surface area contributed by atoms with E-state index < -0.39 is 0 Å². The molecule has 0 amide bonds. The summed E-state index contributed by atoms with van der Waals surface area (Å²) in [6, 6.07) is -0.318. The summed E-state index contributed by atoms with van der Waals surface area (Å²) in [6.07, 6.45) is 6.22. The Morgan fingerprint density at radius 3 is 2.72 bits per heavy atom. The second kappa shape index (κ2) is 5.58. The summed E-state index contributed by atoms with van der Waals surface area (Å²) in [5.41, 5.74) is 8.82. The summed E-state index contributed by atoms with van der Waals surface area (Å²) in [4.78, 5) is 8.55. The van der Waals surface area contributed by atoms with Gasteiger partial charge in [0.15, 0.2) is 0 Å². The molecule has 96 valence electrons. The van der Waals surface area contributed by atoms with Crippen molar-refractivity contribution in [2.45, 2.75) is 32.9 Å². The maximum atomic E-state index is 6.25. The van der Waals surface area contributed by atoms with E-state index in [-0.39, 0.29) is 6.04 Å². The molecular formula is C12H16BrN5. The lowest BCUT2D eigenvalue weighted by atomic mass is 10.1. The van der Waals surface area contributed by atoms with E-state index in [0.29, 0.717) is 0 Å². The zero-order chi connectivity index (χ0) is 13.1. The molecule has 0 aromatic carbocycles. The smallest absolute Gasteiger partial charge is 0.0924 e. The molecule has 2 rings (SSSR count). The first-order valence-electron chi connectivity index (χ1n) is 5.88. The van der Waals surface area contributed by atoms with Crippen LogP contribution in [0.3, 0.4) is 0 Å². The molecule has 0 aliphatic carbocycles. The fourth-order valence-corrected chi connectivity index (χ4v) is 2.32. The van der Waals surface area contributed by atoms with Crippen LogP contribution in [0.4, 0.5) is 0 Å². The predicted octanol–water partition coefficient (Wildman–Crippen LogP) is 2.20. The molecule has 0 bridgehead atoms. The normalized spacial score (nSPS) is 12.7. The molecule has 2 aromatic heterocycles. The van der Waals surface area contributed by atoms with Crippen LogP contribution < -0.4 is 5.73 Å². The molecule has 5 nitrogen and oxygen atoms in total. The zero-order valence-electron chi connectivity index (χ0n) is 10.5. The van der Waals surface area contributed by atoms with Gasteiger partial charge in [-0.1, -0.05) is 6.92 Å². The third kappa shape index (κ3) is 2.59. The van der Waals surface area contributed by atoms with Gasteiger partial charge in [0.2, 0.25) is 0 Å². The molecule has 0 radical (unpaired) electrons. The minimum absolute atomic E-state index is 0.318. The van der Waals surface area contributed by atoms with E-state index in [1.54, 1.807) is 18.6 Å². The Kier molecular flexibility index (Phi) is 4.08. The second-order valence-electron chi connectivity index (χ2n) is 4.16. The minimum Gasteiger partial charge on any atom is -0.318 e. The van der Waals surface area contributed by atoms with Gasteiger partial charge in [-0.05, 0) is 29.3 Å². The van der Waals surface area contributed by atoms with Crippen LogP contribution in [0.15, 0.2) is 23.1 Å². The monoisotopic (exact) mass is 309 g/mol. The number of nitrogens with zero attached hydrogens (tertiary/aromatic N) is 4. The average Bonchev–Trinajstić information content (AvgIpc) is 2.71. The van der Waals surface area contributed by atoms with Gasteiger partial charge in [-0.3, -0.25) is 14.6 Å². The van der Waals surface area contributed by atoms with Crippen molar-refractivity contribution < 1.29 is 0 Å². The number of halogens is 1. The Balaban J connectivity index is 2.35. The number of aromatic nitrogens is 4. The van der Waals surface area contributed by atoms with Crippen molar-refractivity contribution in [2.24, 2.45) is 5.73 Å². The molecule has 1 atom stereocenters. The molecule has 0 saturated carbocycles. The average molecular weight is 310 g/mol. The third-order valence-electron chi connectivity index (χ3n) is 2.68. The zero-order valence-corrected chi connectivity index (χ0v) is 12.1. The molecule has 0 saturated heterocycles. The quantitative estimate of drug-likeness (QED) is 0.940. The molecule has 6 heteroatoms. The van der Waals surface area contributed by atoms with E-state index in [4.69, 9.17) is 5.73 Å². The summed E-state index contributed by atoms with van der Waals surface area (Å²) >= 11 is 3.49. The number of aryl methyl sites for hydroxylation is 2. The molecule has 0 fully saturated rings. The summed E-state index contributed by atoms with van der Waals surface area (Å²) in [5.74, 6) is 0. The van der Waals surface area contributed by atoms with Crippen LogP contribution in [-0.4, -0.2) is 19.7 Å². The van der Waals surface area contributed by atoms with Crippen LogP contribution >= 0.6 is 15.9 Å². The van der Waals surface area contributed by atoms with Gasteiger partial charge < -0.3 is 5.73 Å². The largest absolute Gasteiger partial charge is 0.318 e. The van der Waals surface area contributed by atoms with E-state index in [0.717, 1.165) is 34.5 Å². The molecule has 1 unspecified atom stereocenters. The Labute approximate surface area is 115 Å². The van der Waals surface area contributed by atoms with Gasteiger partial charge in [0.05, 0.1) is 40.0 Å². The van der Waals surface area contributed by atoms with Crippen molar-refractivity contribution in [3.8, 4) is 0 Å². The van der Waals surface area contributed by atoms with Crippen molar-refractivity contribution in [3.05, 3.63) is 40.1 Å². The first kappa shape index (κ1) is 13.2. The molecule has 2 heterocycles. The first-order valence-corrected chi connectivity index (χ1v) is 6.68. The van der Waals surface area contributed by atoms with E-state index in [1.807, 2.05) is 11.6 Å². The molecule has 18 heavy (non-hydrogen) atoms. The van der Waals surface area contributed by atoms with Crippen molar-refractivity contribution in [1.82, 2.24) is 19.7 Å². The van der Waals surface area contributed by atoms with Gasteiger partial charge in [0.25, 0.3) is 0 Å². The molecule has 0 aliphatic rings. The van der Waals surface area contributed by atoms with Gasteiger partial charge in [-0.2, -0.15) is 5.10 Å². The van der Waals surface area contributed by atoms with Crippen molar-refractivity contribution in [2.75, 3.05) is 0 Å². The molecule has 0 aliphatic heterocycles. The van der Waals surface area contributed by atoms with Crippen molar-refractivity contribution in [3.63, 3.8) is 0 Å². The van der Waals surface area contributed by atoms with E-state index in [9.17, 15) is 0 Å². The Morgan fingerprint density at radius 1 is 1.33 bits per heavy atom. The SMILES string of the molecule is CCCn1ncc(Br)c1C(N)c1cnc(C)cn1. The van der Waals surface area contributed by atoms with Gasteiger partial charge in [-0.25, -0.2) is 0 Å². The molecular weight excluding hydrogens is 294 g/mol. The number of nitrogens with two attached hydrogens (primary N) is 1. The standard InChI is InChI=1S/C12H16BrN5/c1-3-4-18-12(9(13)6-17-18)11(14)10-7-15-8(2)5-16-10/h5-7,11H,3-4,14H2,1-2H3. The number of hydrogen-bond donors (Lipinski definition) is 1. The lowest BCUT2D eigenvalue weighted by molar-refractivity contribution is 0.555. The van der Waals surface area contributed by atoms with Crippen LogP contribution in [0, 0.1) is 6.92 Å². The van der Waals surface area contributed by atoms with Gasteiger partial charge in [-0.15, -0.1) is 0 Å².